The van der Waals surface area contributed by atoms with Gasteiger partial charge in [-0.05, 0) is 54.6 Å². The van der Waals surface area contributed by atoms with Crippen LogP contribution in [0, 0.1) is 0 Å². The molecule has 0 amide bonds. The average molecular weight is 405 g/mol. The van der Waals surface area contributed by atoms with E-state index in [9.17, 15) is 0 Å². The van der Waals surface area contributed by atoms with Crippen molar-refractivity contribution in [2.75, 3.05) is 0 Å². The number of rotatable bonds is 0. The van der Waals surface area contributed by atoms with Gasteiger partial charge < -0.3 is 0 Å². The Labute approximate surface area is 186 Å². The maximum atomic E-state index is 2.36. The van der Waals surface area contributed by atoms with Crippen LogP contribution in [0.5, 0.6) is 0 Å². The highest BCUT2D eigenvalue weighted by atomic mass is 14.4. The summed E-state index contributed by atoms with van der Waals surface area (Å²) in [6, 6.07) is 31.4. The van der Waals surface area contributed by atoms with Crippen molar-refractivity contribution >= 4 is 32.3 Å². The van der Waals surface area contributed by atoms with Crippen molar-refractivity contribution in [3.8, 4) is 11.1 Å². The molecular formula is C31H32. The molecule has 0 radical (unpaired) electrons. The normalized spacial score (nSPS) is 13.1. The first-order valence-corrected chi connectivity index (χ1v) is 11.6. The minimum absolute atomic E-state index is 0.0137. The van der Waals surface area contributed by atoms with Crippen molar-refractivity contribution < 1.29 is 0 Å². The molecule has 0 unspecified atom stereocenters. The lowest BCUT2D eigenvalue weighted by atomic mass is 9.81. The highest BCUT2D eigenvalue weighted by molar-refractivity contribution is 6.19. The maximum absolute atomic E-state index is 2.36. The van der Waals surface area contributed by atoms with Crippen molar-refractivity contribution in [1.82, 2.24) is 0 Å². The van der Waals surface area contributed by atoms with Crippen LogP contribution in [0.4, 0.5) is 0 Å². The molecule has 5 aromatic rings. The summed E-state index contributed by atoms with van der Waals surface area (Å²) in [6.45, 7) is 12.7. The van der Waals surface area contributed by atoms with Crippen LogP contribution in [-0.2, 0) is 5.41 Å². The molecule has 0 nitrogen and oxygen atoms in total. The standard InChI is InChI=1S/C27H20.2C2H6/c1-27(2)22-15-13-18-8-4-6-10-21(18)25(22)26-23(27)16-14-19-12-11-17-7-3-5-9-20(17)24(19)26;2*1-2/h3-16H,1-2H3;2*1-2H3. The summed E-state index contributed by atoms with van der Waals surface area (Å²) in [5, 5.41) is 8.06. The van der Waals surface area contributed by atoms with Crippen molar-refractivity contribution in [1.29, 1.82) is 0 Å². The molecule has 0 saturated carbocycles. The summed E-state index contributed by atoms with van der Waals surface area (Å²) in [4.78, 5) is 0. The Morgan fingerprint density at radius 2 is 0.903 bits per heavy atom. The lowest BCUT2D eigenvalue weighted by Crippen LogP contribution is -2.14. The third kappa shape index (κ3) is 3.05. The molecule has 0 aromatic heterocycles. The molecule has 0 saturated heterocycles. The Hall–Kier alpha value is -3.12. The van der Waals surface area contributed by atoms with Gasteiger partial charge in [-0.3, -0.25) is 0 Å². The summed E-state index contributed by atoms with van der Waals surface area (Å²) >= 11 is 0. The zero-order valence-electron chi connectivity index (χ0n) is 19.6. The van der Waals surface area contributed by atoms with Crippen molar-refractivity contribution in [2.24, 2.45) is 0 Å². The summed E-state index contributed by atoms with van der Waals surface area (Å²) < 4.78 is 0. The van der Waals surface area contributed by atoms with Gasteiger partial charge >= 0.3 is 0 Å². The van der Waals surface area contributed by atoms with Crippen molar-refractivity contribution in [3.63, 3.8) is 0 Å². The van der Waals surface area contributed by atoms with Gasteiger partial charge in [-0.1, -0.05) is 126 Å². The Balaban J connectivity index is 0.000000549. The first-order valence-electron chi connectivity index (χ1n) is 11.6. The minimum atomic E-state index is 0.0137. The molecule has 0 aliphatic heterocycles. The fourth-order valence-corrected chi connectivity index (χ4v) is 5.08. The fourth-order valence-electron chi connectivity index (χ4n) is 5.08. The summed E-state index contributed by atoms with van der Waals surface area (Å²) in [5.74, 6) is 0. The van der Waals surface area contributed by atoms with Crippen LogP contribution >= 0.6 is 0 Å². The molecule has 0 atom stereocenters. The SMILES string of the molecule is CC.CC.CC1(C)c2ccc3ccccc3c2-c2c1ccc1ccc3ccccc3c21. The topological polar surface area (TPSA) is 0 Å². The maximum Gasteiger partial charge on any atom is 0.0159 e. The smallest absolute Gasteiger partial charge is 0.0159 e. The summed E-state index contributed by atoms with van der Waals surface area (Å²) in [7, 11) is 0. The number of benzene rings is 5. The monoisotopic (exact) mass is 404 g/mol. The molecule has 31 heavy (non-hydrogen) atoms. The molecule has 0 N–H and O–H groups in total. The zero-order valence-corrected chi connectivity index (χ0v) is 19.6. The molecular weight excluding hydrogens is 372 g/mol. The number of fused-ring (bicyclic) bond motifs is 9. The first kappa shape index (κ1) is 21.1. The van der Waals surface area contributed by atoms with E-state index in [2.05, 4.69) is 98.8 Å². The summed E-state index contributed by atoms with van der Waals surface area (Å²) in [5.41, 5.74) is 5.75. The largest absolute Gasteiger partial charge is 0.0683 e. The Morgan fingerprint density at radius 1 is 0.452 bits per heavy atom. The molecule has 0 heterocycles. The van der Waals surface area contributed by atoms with Crippen molar-refractivity contribution in [3.05, 3.63) is 96.1 Å². The van der Waals surface area contributed by atoms with Gasteiger partial charge in [0.1, 0.15) is 0 Å². The zero-order chi connectivity index (χ0) is 22.2. The predicted molar refractivity (Wildman–Crippen MR) is 139 cm³/mol. The number of hydrogen-bond acceptors (Lipinski definition) is 0. The molecule has 0 heteroatoms. The van der Waals surface area contributed by atoms with Crippen LogP contribution in [0.15, 0.2) is 84.9 Å². The average Bonchev–Trinajstić information content (AvgIpc) is 3.08. The fraction of sp³-hybridized carbons (Fsp3) is 0.226. The molecule has 0 spiro atoms. The third-order valence-corrected chi connectivity index (χ3v) is 6.44. The van der Waals surface area contributed by atoms with E-state index in [0.717, 1.165) is 0 Å². The van der Waals surface area contributed by atoms with E-state index < -0.39 is 0 Å². The van der Waals surface area contributed by atoms with Crippen LogP contribution in [-0.4, -0.2) is 0 Å². The van der Waals surface area contributed by atoms with Gasteiger partial charge in [0.15, 0.2) is 0 Å². The quantitative estimate of drug-likeness (QED) is 0.225. The second-order valence-corrected chi connectivity index (χ2v) is 8.21. The van der Waals surface area contributed by atoms with E-state index in [0.29, 0.717) is 0 Å². The van der Waals surface area contributed by atoms with E-state index in [1.54, 1.807) is 0 Å². The molecule has 1 aliphatic rings. The first-order chi connectivity index (χ1) is 15.2. The highest BCUT2D eigenvalue weighted by Gasteiger charge is 2.37. The van der Waals surface area contributed by atoms with Gasteiger partial charge in [0.25, 0.3) is 0 Å². The Bertz CT molecular complexity index is 1390. The molecule has 1 aliphatic carbocycles. The second-order valence-electron chi connectivity index (χ2n) is 8.21. The third-order valence-electron chi connectivity index (χ3n) is 6.44. The van der Waals surface area contributed by atoms with E-state index >= 15 is 0 Å². The molecule has 0 bridgehead atoms. The van der Waals surface area contributed by atoms with Crippen LogP contribution in [0.2, 0.25) is 0 Å². The van der Waals surface area contributed by atoms with E-state index in [1.165, 1.54) is 54.6 Å². The van der Waals surface area contributed by atoms with Gasteiger partial charge in [0, 0.05) is 5.41 Å². The lowest BCUT2D eigenvalue weighted by Gasteiger charge is -2.21. The second kappa shape index (κ2) is 8.19. The van der Waals surface area contributed by atoms with Gasteiger partial charge in [-0.15, -0.1) is 0 Å². The number of hydrogen-bond donors (Lipinski definition) is 0. The minimum Gasteiger partial charge on any atom is -0.0683 e. The van der Waals surface area contributed by atoms with Crippen LogP contribution in [0.3, 0.4) is 0 Å². The van der Waals surface area contributed by atoms with E-state index in [-0.39, 0.29) is 5.41 Å². The lowest BCUT2D eigenvalue weighted by molar-refractivity contribution is 0.661. The van der Waals surface area contributed by atoms with Crippen LogP contribution in [0.1, 0.15) is 52.7 Å². The molecule has 6 rings (SSSR count). The predicted octanol–water partition coefficient (Wildman–Crippen LogP) is 9.50. The van der Waals surface area contributed by atoms with Crippen LogP contribution in [0.25, 0.3) is 43.4 Å². The van der Waals surface area contributed by atoms with Gasteiger partial charge in [-0.25, -0.2) is 0 Å². The molecule has 156 valence electrons. The van der Waals surface area contributed by atoms with Gasteiger partial charge in [0.2, 0.25) is 0 Å². The van der Waals surface area contributed by atoms with Gasteiger partial charge in [-0.2, -0.15) is 0 Å². The van der Waals surface area contributed by atoms with Crippen LogP contribution < -0.4 is 0 Å². The van der Waals surface area contributed by atoms with Gasteiger partial charge in [0.05, 0.1) is 0 Å². The molecule has 0 fully saturated rings. The van der Waals surface area contributed by atoms with Crippen molar-refractivity contribution in [2.45, 2.75) is 47.0 Å². The molecule has 5 aromatic carbocycles. The van der Waals surface area contributed by atoms with E-state index in [4.69, 9.17) is 0 Å². The Kier molecular flexibility index (Phi) is 5.58. The Morgan fingerprint density at radius 3 is 1.58 bits per heavy atom. The summed E-state index contributed by atoms with van der Waals surface area (Å²) in [6.07, 6.45) is 0. The van der Waals surface area contributed by atoms with E-state index in [1.807, 2.05) is 27.7 Å². The highest BCUT2D eigenvalue weighted by Crippen LogP contribution is 2.54.